The van der Waals surface area contributed by atoms with E-state index in [1.54, 1.807) is 0 Å². The Labute approximate surface area is 199 Å². The molecule has 0 aromatic heterocycles. The van der Waals surface area contributed by atoms with Crippen LogP contribution in [0.5, 0.6) is 11.5 Å². The van der Waals surface area contributed by atoms with Crippen molar-refractivity contribution in [2.75, 3.05) is 11.8 Å². The van der Waals surface area contributed by atoms with Crippen LogP contribution in [0.15, 0.2) is 33.6 Å². The number of nitrogens with one attached hydrogen (secondary N) is 2. The number of nitrogens with zero attached hydrogens (tertiary/aromatic N) is 1. The highest BCUT2D eigenvalue weighted by Gasteiger charge is 2.36. The van der Waals surface area contributed by atoms with Gasteiger partial charge in [0, 0.05) is 11.5 Å². The molecule has 0 spiro atoms. The lowest BCUT2D eigenvalue weighted by Gasteiger charge is -2.32. The molecule has 1 saturated carbocycles. The standard InChI is InChI=1S/C21H21BrClN3O5S/c1-25-20(29)14-7-12(21(11-24)5-3-2-4-6-21)8-16(18(14)27)26-32(30,31)17-10-13(22)9-15(23)19(17)28/h7-10,26-28H,2-6H2,1H3,(H,25,29). The molecule has 1 fully saturated rings. The van der Waals surface area contributed by atoms with Crippen molar-refractivity contribution in [2.45, 2.75) is 42.4 Å². The molecule has 0 aliphatic heterocycles. The van der Waals surface area contributed by atoms with Gasteiger partial charge < -0.3 is 15.5 Å². The van der Waals surface area contributed by atoms with Crippen LogP contribution >= 0.6 is 27.5 Å². The van der Waals surface area contributed by atoms with Gasteiger partial charge in [0.25, 0.3) is 15.9 Å². The van der Waals surface area contributed by atoms with E-state index in [1.165, 1.54) is 25.2 Å². The molecule has 32 heavy (non-hydrogen) atoms. The predicted octanol–water partition coefficient (Wildman–Crippen LogP) is 4.40. The van der Waals surface area contributed by atoms with E-state index in [0.29, 0.717) is 22.9 Å². The van der Waals surface area contributed by atoms with E-state index in [4.69, 9.17) is 11.6 Å². The Morgan fingerprint density at radius 3 is 2.41 bits per heavy atom. The Kier molecular flexibility index (Phi) is 6.93. The fraction of sp³-hybridized carbons (Fsp3) is 0.333. The lowest BCUT2D eigenvalue weighted by Crippen LogP contribution is -2.28. The maximum absolute atomic E-state index is 13.0. The molecule has 0 heterocycles. The number of sulfonamides is 1. The third-order valence-corrected chi connectivity index (χ3v) is 7.71. The third-order valence-electron chi connectivity index (χ3n) is 5.58. The zero-order valence-electron chi connectivity index (χ0n) is 17.1. The Morgan fingerprint density at radius 2 is 1.81 bits per heavy atom. The molecule has 0 unspecified atom stereocenters. The minimum atomic E-state index is -4.42. The molecule has 8 nitrogen and oxygen atoms in total. The summed E-state index contributed by atoms with van der Waals surface area (Å²) < 4.78 is 28.6. The van der Waals surface area contributed by atoms with Crippen molar-refractivity contribution >= 4 is 49.1 Å². The summed E-state index contributed by atoms with van der Waals surface area (Å²) in [7, 11) is -3.05. The Hall–Kier alpha value is -2.48. The molecular weight excluding hydrogens is 522 g/mol. The Bertz CT molecular complexity index is 1220. The van der Waals surface area contributed by atoms with Crippen molar-refractivity contribution in [1.82, 2.24) is 5.32 Å². The first-order chi connectivity index (χ1) is 15.0. The van der Waals surface area contributed by atoms with Gasteiger partial charge in [0.1, 0.15) is 4.90 Å². The summed E-state index contributed by atoms with van der Waals surface area (Å²) in [6.07, 6.45) is 3.71. The van der Waals surface area contributed by atoms with E-state index in [-0.39, 0.29) is 16.3 Å². The first-order valence-electron chi connectivity index (χ1n) is 9.76. The number of amides is 1. The summed E-state index contributed by atoms with van der Waals surface area (Å²) in [6.45, 7) is 0. The largest absolute Gasteiger partial charge is 0.505 e. The highest BCUT2D eigenvalue weighted by molar-refractivity contribution is 9.10. The quantitative estimate of drug-likeness (QED) is 0.413. The summed E-state index contributed by atoms with van der Waals surface area (Å²) >= 11 is 9.03. The fourth-order valence-corrected chi connectivity index (χ4v) is 6.08. The van der Waals surface area contributed by atoms with E-state index in [9.17, 15) is 28.7 Å². The molecule has 1 aliphatic rings. The summed E-state index contributed by atoms with van der Waals surface area (Å²) in [5, 5.41) is 33.0. The van der Waals surface area contributed by atoms with Gasteiger partial charge in [-0.15, -0.1) is 0 Å². The Balaban J connectivity index is 2.18. The monoisotopic (exact) mass is 541 g/mol. The molecule has 4 N–H and O–H groups in total. The maximum atomic E-state index is 13.0. The number of carbonyl (C=O) groups excluding carboxylic acids is 1. The van der Waals surface area contributed by atoms with E-state index in [1.807, 2.05) is 0 Å². The van der Waals surface area contributed by atoms with Crippen LogP contribution in [0, 0.1) is 11.3 Å². The topological polar surface area (TPSA) is 140 Å². The molecule has 11 heteroatoms. The van der Waals surface area contributed by atoms with Gasteiger partial charge in [-0.1, -0.05) is 46.8 Å². The van der Waals surface area contributed by atoms with Gasteiger partial charge in [0.15, 0.2) is 11.5 Å². The zero-order valence-corrected chi connectivity index (χ0v) is 20.2. The van der Waals surface area contributed by atoms with E-state index in [2.05, 4.69) is 32.0 Å². The number of anilines is 1. The number of phenolic OH excluding ortho intramolecular Hbond substituents is 2. The van der Waals surface area contributed by atoms with Crippen LogP contribution in [0.3, 0.4) is 0 Å². The molecule has 0 radical (unpaired) electrons. The summed E-state index contributed by atoms with van der Waals surface area (Å²) in [6, 6.07) is 7.60. The SMILES string of the molecule is CNC(=O)c1cc(C2(C#N)CCCCC2)cc(NS(=O)(=O)c2cc(Br)cc(Cl)c2O)c1O. The van der Waals surface area contributed by atoms with Gasteiger partial charge in [-0.25, -0.2) is 8.42 Å². The number of benzene rings is 2. The normalized spacial score (nSPS) is 15.6. The number of hydrogen-bond acceptors (Lipinski definition) is 6. The van der Waals surface area contributed by atoms with E-state index < -0.39 is 37.7 Å². The number of hydrogen-bond donors (Lipinski definition) is 4. The van der Waals surface area contributed by atoms with Crippen LogP contribution in [-0.4, -0.2) is 31.6 Å². The first kappa shape index (κ1) is 24.2. The molecule has 170 valence electrons. The van der Waals surface area contributed by atoms with Crippen LogP contribution in [0.25, 0.3) is 0 Å². The number of aromatic hydroxyl groups is 2. The summed E-state index contributed by atoms with van der Waals surface area (Å²) in [5.41, 5.74) is -0.919. The molecule has 3 rings (SSSR count). The Morgan fingerprint density at radius 1 is 1.16 bits per heavy atom. The second kappa shape index (κ2) is 9.17. The lowest BCUT2D eigenvalue weighted by atomic mass is 9.70. The highest BCUT2D eigenvalue weighted by Crippen LogP contribution is 2.43. The number of nitriles is 1. The first-order valence-corrected chi connectivity index (χ1v) is 12.4. The predicted molar refractivity (Wildman–Crippen MR) is 123 cm³/mol. The van der Waals surface area contributed by atoms with E-state index in [0.717, 1.165) is 25.3 Å². The maximum Gasteiger partial charge on any atom is 0.265 e. The average molecular weight is 543 g/mol. The van der Waals surface area contributed by atoms with Crippen LogP contribution < -0.4 is 10.0 Å². The van der Waals surface area contributed by atoms with Crippen molar-refractivity contribution in [3.05, 3.63) is 44.9 Å². The minimum Gasteiger partial charge on any atom is -0.505 e. The van der Waals surface area contributed by atoms with Crippen molar-refractivity contribution in [1.29, 1.82) is 5.26 Å². The van der Waals surface area contributed by atoms with Gasteiger partial charge in [0.2, 0.25) is 0 Å². The number of halogens is 2. The van der Waals surface area contributed by atoms with Crippen molar-refractivity contribution in [3.63, 3.8) is 0 Å². The molecule has 0 saturated heterocycles. The third kappa shape index (κ3) is 4.51. The lowest BCUT2D eigenvalue weighted by molar-refractivity contribution is 0.0960. The second-order valence-electron chi connectivity index (χ2n) is 7.59. The molecular formula is C21H21BrClN3O5S. The fourth-order valence-electron chi connectivity index (χ4n) is 3.86. The number of carbonyl (C=O) groups is 1. The van der Waals surface area contributed by atoms with Gasteiger partial charge in [-0.2, -0.15) is 5.26 Å². The van der Waals surface area contributed by atoms with Crippen molar-refractivity contribution < 1.29 is 23.4 Å². The zero-order chi connectivity index (χ0) is 23.7. The molecule has 2 aromatic carbocycles. The van der Waals surface area contributed by atoms with Crippen LogP contribution in [0.1, 0.15) is 48.0 Å². The molecule has 0 bridgehead atoms. The van der Waals surface area contributed by atoms with Crippen LogP contribution in [0.2, 0.25) is 5.02 Å². The summed E-state index contributed by atoms with van der Waals surface area (Å²) in [4.78, 5) is 11.9. The number of rotatable bonds is 5. The van der Waals surface area contributed by atoms with Crippen LogP contribution in [-0.2, 0) is 15.4 Å². The minimum absolute atomic E-state index is 0.167. The smallest absolute Gasteiger partial charge is 0.265 e. The van der Waals surface area contributed by atoms with Gasteiger partial charge in [-0.3, -0.25) is 9.52 Å². The second-order valence-corrected chi connectivity index (χ2v) is 10.6. The number of phenols is 2. The average Bonchev–Trinajstić information content (AvgIpc) is 2.77. The van der Waals surface area contributed by atoms with Gasteiger partial charge >= 0.3 is 0 Å². The van der Waals surface area contributed by atoms with Gasteiger partial charge in [0.05, 0.1) is 27.8 Å². The van der Waals surface area contributed by atoms with Gasteiger partial charge in [-0.05, 0) is 42.7 Å². The van der Waals surface area contributed by atoms with Crippen LogP contribution in [0.4, 0.5) is 5.69 Å². The molecule has 1 aliphatic carbocycles. The highest BCUT2D eigenvalue weighted by atomic mass is 79.9. The van der Waals surface area contributed by atoms with Crippen molar-refractivity contribution in [2.24, 2.45) is 0 Å². The van der Waals surface area contributed by atoms with Crippen molar-refractivity contribution in [3.8, 4) is 17.6 Å². The molecule has 0 atom stereocenters. The molecule has 2 aromatic rings. The summed E-state index contributed by atoms with van der Waals surface area (Å²) in [5.74, 6) is -1.89. The van der Waals surface area contributed by atoms with E-state index >= 15 is 0 Å². The molecule has 1 amide bonds.